The third-order valence-corrected chi connectivity index (χ3v) is 5.16. The standard InChI is InChI=1S/C23H19FN4O4/c1-12-19-20(13-9-17(30-2)21(32-4)18(10-13)31-3)16(11-25)23(29)26-22(19)28(27-12)15-7-5-14(24)6-8-15/h5-10H,1-4H3,(H,26,29). The Morgan fingerprint density at radius 3 is 2.22 bits per heavy atom. The van der Waals surface area contributed by atoms with Gasteiger partial charge in [0.05, 0.1) is 32.7 Å². The summed E-state index contributed by atoms with van der Waals surface area (Å²) in [7, 11) is 4.46. The Morgan fingerprint density at radius 2 is 1.69 bits per heavy atom. The fourth-order valence-electron chi connectivity index (χ4n) is 3.74. The molecule has 0 radical (unpaired) electrons. The van der Waals surface area contributed by atoms with Gasteiger partial charge in [-0.25, -0.2) is 9.07 Å². The molecule has 0 saturated heterocycles. The second-order valence-electron chi connectivity index (χ2n) is 6.93. The maximum Gasteiger partial charge on any atom is 0.268 e. The van der Waals surface area contributed by atoms with Gasteiger partial charge in [-0.1, -0.05) is 0 Å². The number of ether oxygens (including phenoxy) is 3. The molecule has 0 aliphatic carbocycles. The van der Waals surface area contributed by atoms with Crippen LogP contribution in [0.3, 0.4) is 0 Å². The number of nitrogens with zero attached hydrogens (tertiary/aromatic N) is 3. The predicted octanol–water partition coefficient (Wildman–Crippen LogP) is 3.73. The number of halogens is 1. The minimum Gasteiger partial charge on any atom is -0.493 e. The smallest absolute Gasteiger partial charge is 0.268 e. The van der Waals surface area contributed by atoms with Gasteiger partial charge < -0.3 is 19.2 Å². The van der Waals surface area contributed by atoms with Crippen LogP contribution in [0.5, 0.6) is 17.2 Å². The van der Waals surface area contributed by atoms with E-state index in [1.807, 2.05) is 6.07 Å². The highest BCUT2D eigenvalue weighted by atomic mass is 19.1. The summed E-state index contributed by atoms with van der Waals surface area (Å²) >= 11 is 0. The second kappa shape index (κ2) is 8.07. The van der Waals surface area contributed by atoms with Gasteiger partial charge in [0.25, 0.3) is 5.56 Å². The Kier molecular flexibility index (Phi) is 5.28. The molecule has 0 amide bonds. The molecule has 0 atom stereocenters. The van der Waals surface area contributed by atoms with Crippen LogP contribution < -0.4 is 19.8 Å². The highest BCUT2D eigenvalue weighted by Gasteiger charge is 2.23. The minimum absolute atomic E-state index is 0.0754. The molecule has 4 rings (SSSR count). The number of nitrogens with one attached hydrogen (secondary N) is 1. The van der Waals surface area contributed by atoms with Crippen LogP contribution in [0, 0.1) is 24.1 Å². The van der Waals surface area contributed by atoms with Crippen LogP contribution in [0.15, 0.2) is 41.2 Å². The zero-order valence-corrected chi connectivity index (χ0v) is 17.8. The lowest BCUT2D eigenvalue weighted by atomic mass is 9.97. The summed E-state index contributed by atoms with van der Waals surface area (Å²) in [5.74, 6) is 0.753. The number of H-pyrrole nitrogens is 1. The average Bonchev–Trinajstić information content (AvgIpc) is 3.13. The molecule has 0 aliphatic rings. The Labute approximate surface area is 182 Å². The summed E-state index contributed by atoms with van der Waals surface area (Å²) in [6, 6.07) is 11.1. The molecule has 0 fully saturated rings. The number of nitriles is 1. The van der Waals surface area contributed by atoms with Gasteiger partial charge in [0.2, 0.25) is 5.75 Å². The molecule has 32 heavy (non-hydrogen) atoms. The Morgan fingerprint density at radius 1 is 1.06 bits per heavy atom. The van der Waals surface area contributed by atoms with Crippen LogP contribution in [0.2, 0.25) is 0 Å². The number of methoxy groups -OCH3 is 3. The van der Waals surface area contributed by atoms with Crippen molar-refractivity contribution in [2.45, 2.75) is 6.92 Å². The summed E-state index contributed by atoms with van der Waals surface area (Å²) in [6.07, 6.45) is 0. The number of aromatic nitrogens is 3. The van der Waals surface area contributed by atoms with Gasteiger partial charge in [-0.05, 0) is 48.9 Å². The molecule has 0 bridgehead atoms. The SMILES string of the molecule is COc1cc(-c2c(C#N)c(=O)[nH]c3c2c(C)nn3-c2ccc(F)cc2)cc(OC)c1OC. The van der Waals surface area contributed by atoms with Gasteiger partial charge in [0, 0.05) is 10.9 Å². The van der Waals surface area contributed by atoms with E-state index in [0.29, 0.717) is 50.8 Å². The van der Waals surface area contributed by atoms with Crippen molar-refractivity contribution in [1.29, 1.82) is 5.26 Å². The van der Waals surface area contributed by atoms with E-state index in [1.54, 1.807) is 31.2 Å². The lowest BCUT2D eigenvalue weighted by Gasteiger charge is -2.15. The van der Waals surface area contributed by atoms with Crippen molar-refractivity contribution < 1.29 is 18.6 Å². The van der Waals surface area contributed by atoms with Crippen molar-refractivity contribution in [3.8, 4) is 40.1 Å². The first-order valence-electron chi connectivity index (χ1n) is 9.55. The quantitative estimate of drug-likeness (QED) is 0.514. The lowest BCUT2D eigenvalue weighted by Crippen LogP contribution is -2.13. The van der Waals surface area contributed by atoms with Gasteiger partial charge in [-0.3, -0.25) is 4.79 Å². The predicted molar refractivity (Wildman–Crippen MR) is 116 cm³/mol. The van der Waals surface area contributed by atoms with E-state index in [9.17, 15) is 14.4 Å². The lowest BCUT2D eigenvalue weighted by molar-refractivity contribution is 0.324. The summed E-state index contributed by atoms with van der Waals surface area (Å²) < 4.78 is 31.2. The van der Waals surface area contributed by atoms with Crippen LogP contribution in [-0.2, 0) is 0 Å². The van der Waals surface area contributed by atoms with Crippen LogP contribution in [0.25, 0.3) is 27.8 Å². The van der Waals surface area contributed by atoms with Gasteiger partial charge in [0.15, 0.2) is 11.5 Å². The molecule has 2 aromatic heterocycles. The molecular formula is C23H19FN4O4. The molecule has 162 valence electrons. The average molecular weight is 434 g/mol. The topological polar surface area (TPSA) is 102 Å². The first-order chi connectivity index (χ1) is 15.4. The first kappa shape index (κ1) is 20.9. The van der Waals surface area contributed by atoms with Crippen LogP contribution in [0.4, 0.5) is 4.39 Å². The maximum absolute atomic E-state index is 13.4. The van der Waals surface area contributed by atoms with Crippen molar-refractivity contribution >= 4 is 11.0 Å². The molecule has 4 aromatic rings. The highest BCUT2D eigenvalue weighted by Crippen LogP contribution is 2.43. The number of fused-ring (bicyclic) bond motifs is 1. The monoisotopic (exact) mass is 434 g/mol. The number of hydrogen-bond acceptors (Lipinski definition) is 6. The van der Waals surface area contributed by atoms with E-state index in [1.165, 1.54) is 38.1 Å². The van der Waals surface area contributed by atoms with Crippen molar-refractivity contribution in [1.82, 2.24) is 14.8 Å². The summed E-state index contributed by atoms with van der Waals surface area (Å²) in [5, 5.41) is 14.9. The third kappa shape index (κ3) is 3.22. The Bertz CT molecular complexity index is 1410. The number of aryl methyl sites for hydroxylation is 1. The number of benzene rings is 2. The zero-order chi connectivity index (χ0) is 23.0. The van der Waals surface area contributed by atoms with Crippen molar-refractivity contribution in [2.75, 3.05) is 21.3 Å². The first-order valence-corrected chi connectivity index (χ1v) is 9.55. The Hall–Kier alpha value is -4.32. The molecule has 9 heteroatoms. The van der Waals surface area contributed by atoms with Crippen molar-refractivity contribution in [2.24, 2.45) is 0 Å². The molecule has 8 nitrogen and oxygen atoms in total. The number of hydrogen-bond donors (Lipinski definition) is 1. The van der Waals surface area contributed by atoms with Gasteiger partial charge in [0.1, 0.15) is 23.1 Å². The van der Waals surface area contributed by atoms with Gasteiger partial charge in [-0.2, -0.15) is 10.4 Å². The molecule has 0 saturated carbocycles. The second-order valence-corrected chi connectivity index (χ2v) is 6.93. The van der Waals surface area contributed by atoms with Crippen molar-refractivity contribution in [3.05, 3.63) is 63.8 Å². The van der Waals surface area contributed by atoms with E-state index in [0.717, 1.165) is 0 Å². The molecule has 1 N–H and O–H groups in total. The fraction of sp³-hybridized carbons (Fsp3) is 0.174. The summed E-state index contributed by atoms with van der Waals surface area (Å²) in [4.78, 5) is 15.6. The molecule has 2 heterocycles. The largest absolute Gasteiger partial charge is 0.493 e. The van der Waals surface area contributed by atoms with Crippen LogP contribution in [0.1, 0.15) is 11.3 Å². The molecule has 0 spiro atoms. The van der Waals surface area contributed by atoms with E-state index in [4.69, 9.17) is 14.2 Å². The summed E-state index contributed by atoms with van der Waals surface area (Å²) in [6.45, 7) is 1.77. The van der Waals surface area contributed by atoms with Crippen LogP contribution >= 0.6 is 0 Å². The fourth-order valence-corrected chi connectivity index (χ4v) is 3.74. The van der Waals surface area contributed by atoms with E-state index in [2.05, 4.69) is 10.1 Å². The summed E-state index contributed by atoms with van der Waals surface area (Å²) in [5.41, 5.74) is 1.76. The molecule has 0 aliphatic heterocycles. The molecule has 2 aromatic carbocycles. The Balaban J connectivity index is 2.11. The zero-order valence-electron chi connectivity index (χ0n) is 17.8. The number of pyridine rings is 1. The van der Waals surface area contributed by atoms with Gasteiger partial charge in [-0.15, -0.1) is 0 Å². The number of rotatable bonds is 5. The van der Waals surface area contributed by atoms with E-state index in [-0.39, 0.29) is 11.4 Å². The third-order valence-electron chi connectivity index (χ3n) is 5.16. The minimum atomic E-state index is -0.577. The highest BCUT2D eigenvalue weighted by molar-refractivity contribution is 5.98. The maximum atomic E-state index is 13.4. The van der Waals surface area contributed by atoms with Crippen LogP contribution in [-0.4, -0.2) is 36.1 Å². The molecule has 0 unspecified atom stereocenters. The van der Waals surface area contributed by atoms with Crippen molar-refractivity contribution in [3.63, 3.8) is 0 Å². The number of aromatic amines is 1. The van der Waals surface area contributed by atoms with E-state index < -0.39 is 5.56 Å². The molecular weight excluding hydrogens is 415 g/mol. The van der Waals surface area contributed by atoms with E-state index >= 15 is 0 Å². The normalized spacial score (nSPS) is 10.8. The van der Waals surface area contributed by atoms with Gasteiger partial charge >= 0.3 is 0 Å².